The molecule has 0 bridgehead atoms. The van der Waals surface area contributed by atoms with Crippen molar-refractivity contribution in [3.8, 4) is 0 Å². The fourth-order valence-electron chi connectivity index (χ4n) is 3.58. The van der Waals surface area contributed by atoms with Crippen molar-refractivity contribution in [2.75, 3.05) is 25.0 Å². The third kappa shape index (κ3) is 2.56. The van der Waals surface area contributed by atoms with Crippen LogP contribution in [0.2, 0.25) is 0 Å². The van der Waals surface area contributed by atoms with Gasteiger partial charge in [0.25, 0.3) is 0 Å². The molecular weight excluding hydrogens is 290 g/mol. The molecule has 0 atom stereocenters. The van der Waals surface area contributed by atoms with E-state index in [1.807, 2.05) is 29.8 Å². The van der Waals surface area contributed by atoms with Gasteiger partial charge in [0.05, 0.1) is 5.39 Å². The van der Waals surface area contributed by atoms with Crippen molar-refractivity contribution in [3.63, 3.8) is 0 Å². The Hall–Kier alpha value is -2.11. The van der Waals surface area contributed by atoms with Gasteiger partial charge in [-0.25, -0.2) is 9.97 Å². The highest BCUT2D eigenvalue weighted by molar-refractivity contribution is 5.87. The highest BCUT2D eigenvalue weighted by Gasteiger charge is 2.35. The van der Waals surface area contributed by atoms with Crippen LogP contribution in [0.15, 0.2) is 18.6 Å². The third-order valence-electron chi connectivity index (χ3n) is 5.23. The molecule has 2 aromatic heterocycles. The van der Waals surface area contributed by atoms with Gasteiger partial charge in [0.2, 0.25) is 5.91 Å². The van der Waals surface area contributed by atoms with Crippen LogP contribution < -0.4 is 4.90 Å². The number of fused-ring (bicyclic) bond motifs is 1. The van der Waals surface area contributed by atoms with Gasteiger partial charge in [0.15, 0.2) is 0 Å². The average molecular weight is 313 g/mol. The van der Waals surface area contributed by atoms with Gasteiger partial charge < -0.3 is 14.4 Å². The largest absolute Gasteiger partial charge is 0.356 e. The summed E-state index contributed by atoms with van der Waals surface area (Å²) in [5, 5.41) is 1.11. The quantitative estimate of drug-likeness (QED) is 0.867. The summed E-state index contributed by atoms with van der Waals surface area (Å²) in [4.78, 5) is 25.4. The van der Waals surface area contributed by atoms with Gasteiger partial charge >= 0.3 is 0 Å². The first-order chi connectivity index (χ1) is 11.1. The van der Waals surface area contributed by atoms with Crippen LogP contribution in [0.3, 0.4) is 0 Å². The lowest BCUT2D eigenvalue weighted by atomic mass is 10.0. The molecule has 3 heterocycles. The van der Waals surface area contributed by atoms with Crippen LogP contribution >= 0.6 is 0 Å². The SMILES string of the molecule is CN(C(=O)C1CC1)C1CCN(c2ncnc3c2ccn3C)CC1. The molecule has 23 heavy (non-hydrogen) atoms. The minimum atomic E-state index is 0.309. The summed E-state index contributed by atoms with van der Waals surface area (Å²) < 4.78 is 2.02. The second-order valence-electron chi connectivity index (χ2n) is 6.80. The van der Waals surface area contributed by atoms with E-state index < -0.39 is 0 Å². The Morgan fingerprint density at radius 3 is 2.65 bits per heavy atom. The number of hydrogen-bond acceptors (Lipinski definition) is 4. The van der Waals surface area contributed by atoms with E-state index in [9.17, 15) is 4.79 Å². The highest BCUT2D eigenvalue weighted by atomic mass is 16.2. The van der Waals surface area contributed by atoms with Crippen LogP contribution in [0, 0.1) is 5.92 Å². The number of carbonyl (C=O) groups is 1. The zero-order valence-corrected chi connectivity index (χ0v) is 13.8. The smallest absolute Gasteiger partial charge is 0.225 e. The van der Waals surface area contributed by atoms with Crippen molar-refractivity contribution in [3.05, 3.63) is 18.6 Å². The van der Waals surface area contributed by atoms with Gasteiger partial charge in [-0.15, -0.1) is 0 Å². The number of piperidine rings is 1. The van der Waals surface area contributed by atoms with E-state index in [4.69, 9.17) is 0 Å². The molecule has 2 aliphatic rings. The van der Waals surface area contributed by atoms with E-state index in [0.29, 0.717) is 17.9 Å². The zero-order valence-electron chi connectivity index (χ0n) is 13.8. The van der Waals surface area contributed by atoms with Crippen LogP contribution in [0.5, 0.6) is 0 Å². The van der Waals surface area contributed by atoms with Gasteiger partial charge in [0, 0.05) is 45.3 Å². The number of anilines is 1. The maximum Gasteiger partial charge on any atom is 0.225 e. The van der Waals surface area contributed by atoms with Crippen molar-refractivity contribution in [2.24, 2.45) is 13.0 Å². The third-order valence-corrected chi connectivity index (χ3v) is 5.23. The molecule has 2 fully saturated rings. The Labute approximate surface area is 136 Å². The number of aromatic nitrogens is 3. The summed E-state index contributed by atoms with van der Waals surface area (Å²) >= 11 is 0. The normalized spacial score (nSPS) is 19.3. The first kappa shape index (κ1) is 14.5. The van der Waals surface area contributed by atoms with E-state index in [1.54, 1.807) is 6.33 Å². The predicted molar refractivity (Wildman–Crippen MR) is 89.2 cm³/mol. The molecule has 1 amide bonds. The average Bonchev–Trinajstić information content (AvgIpc) is 3.37. The highest BCUT2D eigenvalue weighted by Crippen LogP contribution is 2.33. The molecule has 0 unspecified atom stereocenters. The number of aryl methyl sites for hydroxylation is 1. The lowest BCUT2D eigenvalue weighted by Gasteiger charge is -2.37. The lowest BCUT2D eigenvalue weighted by molar-refractivity contribution is -0.133. The molecular formula is C17H23N5O. The van der Waals surface area contributed by atoms with Crippen molar-refractivity contribution in [1.82, 2.24) is 19.4 Å². The molecule has 0 N–H and O–H groups in total. The standard InChI is InChI=1S/C17H23N5O/c1-20-8-7-14-15(20)18-11-19-16(14)22-9-5-13(6-10-22)21(2)17(23)12-3-4-12/h7-8,11-13H,3-6,9-10H2,1-2H3. The van der Waals surface area contributed by atoms with Crippen molar-refractivity contribution < 1.29 is 4.79 Å². The first-order valence-electron chi connectivity index (χ1n) is 8.43. The summed E-state index contributed by atoms with van der Waals surface area (Å²) in [6.45, 7) is 1.88. The first-order valence-corrected chi connectivity index (χ1v) is 8.43. The van der Waals surface area contributed by atoms with Gasteiger partial charge in [-0.2, -0.15) is 0 Å². The molecule has 2 aromatic rings. The van der Waals surface area contributed by atoms with Crippen LogP contribution in [0.4, 0.5) is 5.82 Å². The van der Waals surface area contributed by atoms with Crippen LogP contribution in [0.1, 0.15) is 25.7 Å². The Balaban J connectivity index is 1.47. The molecule has 4 rings (SSSR count). The monoisotopic (exact) mass is 313 g/mol. The van der Waals surface area contributed by atoms with E-state index in [0.717, 1.165) is 55.6 Å². The number of nitrogens with zero attached hydrogens (tertiary/aromatic N) is 5. The summed E-state index contributed by atoms with van der Waals surface area (Å²) in [5.74, 6) is 1.67. The Bertz CT molecular complexity index is 728. The maximum atomic E-state index is 12.2. The minimum Gasteiger partial charge on any atom is -0.356 e. The Morgan fingerprint density at radius 1 is 1.22 bits per heavy atom. The minimum absolute atomic E-state index is 0.309. The second kappa shape index (κ2) is 5.51. The molecule has 6 nitrogen and oxygen atoms in total. The summed E-state index contributed by atoms with van der Waals surface area (Å²) in [7, 11) is 3.98. The Morgan fingerprint density at radius 2 is 1.96 bits per heavy atom. The molecule has 0 radical (unpaired) electrons. The maximum absolute atomic E-state index is 12.2. The predicted octanol–water partition coefficient (Wildman–Crippen LogP) is 1.81. The summed E-state index contributed by atoms with van der Waals surface area (Å²) in [6.07, 6.45) is 7.84. The molecule has 1 saturated heterocycles. The molecule has 0 aromatic carbocycles. The van der Waals surface area contributed by atoms with Gasteiger partial charge in [-0.1, -0.05) is 0 Å². The van der Waals surface area contributed by atoms with Crippen molar-refractivity contribution >= 4 is 22.8 Å². The number of hydrogen-bond donors (Lipinski definition) is 0. The summed E-state index contributed by atoms with van der Waals surface area (Å²) in [5.41, 5.74) is 0.971. The van der Waals surface area contributed by atoms with E-state index in [1.165, 1.54) is 0 Å². The topological polar surface area (TPSA) is 54.3 Å². The van der Waals surface area contributed by atoms with E-state index in [2.05, 4.69) is 20.9 Å². The number of rotatable bonds is 3. The number of amides is 1. The molecule has 1 saturated carbocycles. The Kier molecular flexibility index (Phi) is 3.47. The second-order valence-corrected chi connectivity index (χ2v) is 6.80. The molecule has 0 spiro atoms. The van der Waals surface area contributed by atoms with Gasteiger partial charge in [0.1, 0.15) is 17.8 Å². The van der Waals surface area contributed by atoms with Crippen LogP contribution in [-0.4, -0.2) is 51.5 Å². The zero-order chi connectivity index (χ0) is 16.0. The molecule has 1 aliphatic carbocycles. The van der Waals surface area contributed by atoms with Crippen molar-refractivity contribution in [2.45, 2.75) is 31.7 Å². The van der Waals surface area contributed by atoms with Crippen LogP contribution in [-0.2, 0) is 11.8 Å². The van der Waals surface area contributed by atoms with Gasteiger partial charge in [-0.3, -0.25) is 4.79 Å². The number of carbonyl (C=O) groups excluding carboxylic acids is 1. The van der Waals surface area contributed by atoms with E-state index in [-0.39, 0.29) is 0 Å². The molecule has 1 aliphatic heterocycles. The lowest BCUT2D eigenvalue weighted by Crippen LogP contribution is -2.46. The van der Waals surface area contributed by atoms with Gasteiger partial charge in [-0.05, 0) is 31.7 Å². The molecule has 6 heteroatoms. The fourth-order valence-corrected chi connectivity index (χ4v) is 3.58. The van der Waals surface area contributed by atoms with Crippen molar-refractivity contribution in [1.29, 1.82) is 0 Å². The van der Waals surface area contributed by atoms with E-state index >= 15 is 0 Å². The summed E-state index contributed by atoms with van der Waals surface area (Å²) in [6, 6.07) is 2.45. The molecule has 122 valence electrons. The van der Waals surface area contributed by atoms with Crippen LogP contribution in [0.25, 0.3) is 11.0 Å². The fraction of sp³-hybridized carbons (Fsp3) is 0.588.